The van der Waals surface area contributed by atoms with E-state index in [-0.39, 0.29) is 10.7 Å². The molecule has 0 radical (unpaired) electrons. The zero-order chi connectivity index (χ0) is 22.3. The van der Waals surface area contributed by atoms with E-state index >= 15 is 0 Å². The van der Waals surface area contributed by atoms with E-state index in [1.807, 2.05) is 44.2 Å². The summed E-state index contributed by atoms with van der Waals surface area (Å²) in [5, 5.41) is 3.10. The molecular weight excluding hydrogens is 545 g/mol. The van der Waals surface area contributed by atoms with Gasteiger partial charge >= 0.3 is 0 Å². The van der Waals surface area contributed by atoms with Crippen molar-refractivity contribution >= 4 is 75.1 Å². The highest BCUT2D eigenvalue weighted by atomic mass is 127. The summed E-state index contributed by atoms with van der Waals surface area (Å²) >= 11 is 13.6. The van der Waals surface area contributed by atoms with E-state index in [1.165, 1.54) is 4.90 Å². The second kappa shape index (κ2) is 8.57. The van der Waals surface area contributed by atoms with Gasteiger partial charge in [-0.1, -0.05) is 17.7 Å². The van der Waals surface area contributed by atoms with E-state index in [2.05, 4.69) is 32.5 Å². The van der Waals surface area contributed by atoms with E-state index in [1.54, 1.807) is 30.3 Å². The Morgan fingerprint density at radius 3 is 2.42 bits per heavy atom. The monoisotopic (exact) mass is 561 g/mol. The van der Waals surface area contributed by atoms with E-state index < -0.39 is 11.8 Å². The summed E-state index contributed by atoms with van der Waals surface area (Å²) in [4.78, 5) is 27.1. The van der Waals surface area contributed by atoms with Crippen molar-refractivity contribution in [3.63, 3.8) is 0 Å². The first-order valence-electron chi connectivity index (χ1n) is 9.38. The summed E-state index contributed by atoms with van der Waals surface area (Å²) < 4.78 is 3.24. The molecule has 0 bridgehead atoms. The zero-order valence-electron chi connectivity index (χ0n) is 16.6. The third kappa shape index (κ3) is 4.17. The fourth-order valence-corrected chi connectivity index (χ4v) is 4.41. The molecule has 0 unspecified atom stereocenters. The van der Waals surface area contributed by atoms with Gasteiger partial charge < -0.3 is 4.57 Å². The molecular formula is C23H17ClIN3O2S. The van der Waals surface area contributed by atoms with Crippen LogP contribution in [0.25, 0.3) is 11.8 Å². The summed E-state index contributed by atoms with van der Waals surface area (Å²) in [7, 11) is 0. The largest absolute Gasteiger partial charge is 0.318 e. The summed E-state index contributed by atoms with van der Waals surface area (Å²) in [5.74, 6) is -1.01. The van der Waals surface area contributed by atoms with Gasteiger partial charge in [-0.05, 0) is 109 Å². The molecule has 1 aliphatic rings. The number of carbonyl (C=O) groups is 2. The molecule has 0 aliphatic carbocycles. The molecule has 3 aromatic rings. The molecule has 2 amide bonds. The van der Waals surface area contributed by atoms with Crippen molar-refractivity contribution in [2.75, 3.05) is 4.90 Å². The number of benzene rings is 2. The van der Waals surface area contributed by atoms with Gasteiger partial charge in [0.15, 0.2) is 5.11 Å². The van der Waals surface area contributed by atoms with E-state index in [9.17, 15) is 9.59 Å². The van der Waals surface area contributed by atoms with Crippen LogP contribution in [0.2, 0.25) is 5.02 Å². The number of nitrogens with zero attached hydrogens (tertiary/aromatic N) is 2. The molecule has 2 heterocycles. The highest BCUT2D eigenvalue weighted by molar-refractivity contribution is 14.1. The smallest absolute Gasteiger partial charge is 0.270 e. The molecule has 1 N–H and O–H groups in total. The lowest BCUT2D eigenvalue weighted by Crippen LogP contribution is -2.54. The van der Waals surface area contributed by atoms with Crippen molar-refractivity contribution in [1.82, 2.24) is 9.88 Å². The number of nitrogens with one attached hydrogen (secondary N) is 1. The lowest BCUT2D eigenvalue weighted by atomic mass is 10.1. The van der Waals surface area contributed by atoms with Gasteiger partial charge in [0, 0.05) is 25.7 Å². The summed E-state index contributed by atoms with van der Waals surface area (Å²) in [6, 6.07) is 16.9. The molecule has 31 heavy (non-hydrogen) atoms. The average molecular weight is 562 g/mol. The third-order valence-electron chi connectivity index (χ3n) is 5.02. The lowest BCUT2D eigenvalue weighted by molar-refractivity contribution is -0.122. The molecule has 156 valence electrons. The molecule has 1 aliphatic heterocycles. The molecule has 1 saturated heterocycles. The summed E-state index contributed by atoms with van der Waals surface area (Å²) in [6.07, 6.45) is 1.61. The Balaban J connectivity index is 1.76. The predicted octanol–water partition coefficient (Wildman–Crippen LogP) is 5.18. The van der Waals surface area contributed by atoms with Crippen LogP contribution < -0.4 is 10.2 Å². The number of amides is 2. The van der Waals surface area contributed by atoms with Crippen LogP contribution in [0.4, 0.5) is 5.69 Å². The van der Waals surface area contributed by atoms with Crippen molar-refractivity contribution in [2.45, 2.75) is 13.8 Å². The highest BCUT2D eigenvalue weighted by Gasteiger charge is 2.34. The van der Waals surface area contributed by atoms with Crippen LogP contribution in [0.5, 0.6) is 0 Å². The Labute approximate surface area is 203 Å². The van der Waals surface area contributed by atoms with Gasteiger partial charge in [-0.3, -0.25) is 19.8 Å². The molecule has 1 fully saturated rings. The first kappa shape index (κ1) is 21.7. The molecule has 0 saturated carbocycles. The number of aromatic nitrogens is 1. The maximum Gasteiger partial charge on any atom is 0.270 e. The number of aryl methyl sites for hydroxylation is 1. The number of hydrogen-bond donors (Lipinski definition) is 1. The van der Waals surface area contributed by atoms with Crippen molar-refractivity contribution in [3.05, 3.63) is 85.7 Å². The number of hydrogen-bond acceptors (Lipinski definition) is 3. The molecule has 5 nitrogen and oxygen atoms in total. The normalized spacial score (nSPS) is 15.5. The van der Waals surface area contributed by atoms with Gasteiger partial charge in [0.2, 0.25) is 0 Å². The van der Waals surface area contributed by atoms with E-state index in [0.29, 0.717) is 10.7 Å². The van der Waals surface area contributed by atoms with E-state index in [4.69, 9.17) is 23.8 Å². The van der Waals surface area contributed by atoms with E-state index in [0.717, 1.165) is 26.2 Å². The molecule has 2 aromatic carbocycles. The molecule has 0 spiro atoms. The Morgan fingerprint density at radius 1 is 1.03 bits per heavy atom. The standard InChI is InChI=1S/C23H17ClIN3O2S/c1-13-10-15(14(2)27(13)18-8-6-17(25)7-9-18)11-20-21(29)26-23(31)28(22(20)30)19-5-3-4-16(24)12-19/h3-12H,1-2H3,(H,26,29,31)/b20-11+. The van der Waals surface area contributed by atoms with Crippen LogP contribution in [-0.2, 0) is 9.59 Å². The minimum absolute atomic E-state index is 0.0106. The number of rotatable bonds is 3. The Bertz CT molecular complexity index is 1260. The first-order valence-corrected chi connectivity index (χ1v) is 11.2. The average Bonchev–Trinajstić information content (AvgIpc) is 2.99. The molecule has 1 aromatic heterocycles. The Morgan fingerprint density at radius 2 is 1.74 bits per heavy atom. The van der Waals surface area contributed by atoms with Gasteiger partial charge in [-0.25, -0.2) is 0 Å². The topological polar surface area (TPSA) is 54.3 Å². The zero-order valence-corrected chi connectivity index (χ0v) is 20.4. The number of anilines is 1. The van der Waals surface area contributed by atoms with Gasteiger partial charge in [0.1, 0.15) is 5.57 Å². The number of thiocarbonyl (C=S) groups is 1. The quantitative estimate of drug-likeness (QED) is 0.207. The predicted molar refractivity (Wildman–Crippen MR) is 136 cm³/mol. The highest BCUT2D eigenvalue weighted by Crippen LogP contribution is 2.27. The minimum Gasteiger partial charge on any atom is -0.318 e. The van der Waals surface area contributed by atoms with Crippen LogP contribution in [-0.4, -0.2) is 21.5 Å². The lowest BCUT2D eigenvalue weighted by Gasteiger charge is -2.29. The first-order chi connectivity index (χ1) is 14.8. The van der Waals surface area contributed by atoms with Gasteiger partial charge in [0.25, 0.3) is 11.8 Å². The van der Waals surface area contributed by atoms with Crippen molar-refractivity contribution in [2.24, 2.45) is 0 Å². The van der Waals surface area contributed by atoms with Crippen LogP contribution in [0, 0.1) is 17.4 Å². The van der Waals surface area contributed by atoms with Gasteiger partial charge in [-0.2, -0.15) is 0 Å². The van der Waals surface area contributed by atoms with Crippen LogP contribution in [0.1, 0.15) is 17.0 Å². The van der Waals surface area contributed by atoms with Crippen LogP contribution >= 0.6 is 46.4 Å². The van der Waals surface area contributed by atoms with Gasteiger partial charge in [-0.15, -0.1) is 0 Å². The maximum atomic E-state index is 13.2. The fraction of sp³-hybridized carbons (Fsp3) is 0.0870. The Kier molecular flexibility index (Phi) is 6.00. The number of carbonyl (C=O) groups excluding carboxylic acids is 2. The summed E-state index contributed by atoms with van der Waals surface area (Å²) in [6.45, 7) is 3.95. The minimum atomic E-state index is -0.521. The second-order valence-corrected chi connectivity index (χ2v) is 9.14. The van der Waals surface area contributed by atoms with Crippen LogP contribution in [0.15, 0.2) is 60.2 Å². The van der Waals surface area contributed by atoms with Gasteiger partial charge in [0.05, 0.1) is 5.69 Å². The van der Waals surface area contributed by atoms with Crippen molar-refractivity contribution in [3.8, 4) is 5.69 Å². The maximum absolute atomic E-state index is 13.2. The molecule has 4 rings (SSSR count). The van der Waals surface area contributed by atoms with Crippen molar-refractivity contribution < 1.29 is 9.59 Å². The summed E-state index contributed by atoms with van der Waals surface area (Å²) in [5.41, 5.74) is 4.23. The Hall–Kier alpha value is -2.49. The fourth-order valence-electron chi connectivity index (χ4n) is 3.58. The second-order valence-electron chi connectivity index (χ2n) is 7.08. The third-order valence-corrected chi connectivity index (χ3v) is 6.26. The molecule has 0 atom stereocenters. The van der Waals surface area contributed by atoms with Crippen molar-refractivity contribution in [1.29, 1.82) is 0 Å². The SMILES string of the molecule is Cc1cc(/C=C2\C(=O)NC(=S)N(c3cccc(Cl)c3)C2=O)c(C)n1-c1ccc(I)cc1. The number of halogens is 2. The molecule has 8 heteroatoms. The van der Waals surface area contributed by atoms with Crippen LogP contribution in [0.3, 0.4) is 0 Å².